The summed E-state index contributed by atoms with van der Waals surface area (Å²) in [5.74, 6) is 0.329. The maximum Gasteiger partial charge on any atom is 0.259 e. The maximum absolute atomic E-state index is 12.8. The monoisotopic (exact) mass is 414 g/mol. The van der Waals surface area contributed by atoms with Crippen molar-refractivity contribution in [3.63, 3.8) is 0 Å². The Bertz CT molecular complexity index is 1230. The van der Waals surface area contributed by atoms with Crippen LogP contribution in [0.15, 0.2) is 78.9 Å². The number of rotatable bonds is 6. The highest BCUT2D eigenvalue weighted by molar-refractivity contribution is 7.21. The van der Waals surface area contributed by atoms with Crippen molar-refractivity contribution >= 4 is 33.1 Å². The second kappa shape index (κ2) is 8.51. The topological polar surface area (TPSA) is 51.2 Å². The molecule has 3 aromatic carbocycles. The summed E-state index contributed by atoms with van der Waals surface area (Å²) in [6, 6.07) is 21.2. The molecule has 30 heavy (non-hydrogen) atoms. The van der Waals surface area contributed by atoms with Crippen LogP contribution in [-0.2, 0) is 0 Å². The molecule has 0 radical (unpaired) electrons. The van der Waals surface area contributed by atoms with E-state index in [-0.39, 0.29) is 5.91 Å². The fourth-order valence-corrected chi connectivity index (χ4v) is 4.10. The normalized spacial score (nSPS) is 10.7. The van der Waals surface area contributed by atoms with Crippen LogP contribution in [0.2, 0.25) is 0 Å². The van der Waals surface area contributed by atoms with Gasteiger partial charge in [0.2, 0.25) is 0 Å². The second-order valence-electron chi connectivity index (χ2n) is 7.26. The molecule has 1 heterocycles. The van der Waals surface area contributed by atoms with E-state index in [0.717, 1.165) is 27.3 Å². The fourth-order valence-electron chi connectivity index (χ4n) is 3.03. The van der Waals surface area contributed by atoms with Gasteiger partial charge in [-0.1, -0.05) is 24.8 Å². The molecule has 4 aromatic rings. The summed E-state index contributed by atoms with van der Waals surface area (Å²) in [4.78, 5) is 17.5. The molecule has 4 nitrogen and oxygen atoms in total. The molecular formula is C25H22N2O2S. The van der Waals surface area contributed by atoms with Crippen molar-refractivity contribution < 1.29 is 9.53 Å². The molecule has 0 saturated carbocycles. The molecule has 0 saturated heterocycles. The lowest BCUT2D eigenvalue weighted by Gasteiger charge is -2.12. The molecule has 4 rings (SSSR count). The Labute approximate surface area is 179 Å². The van der Waals surface area contributed by atoms with E-state index in [1.165, 1.54) is 10.3 Å². The third-order valence-corrected chi connectivity index (χ3v) is 5.61. The van der Waals surface area contributed by atoms with Crippen molar-refractivity contribution in [2.24, 2.45) is 0 Å². The zero-order chi connectivity index (χ0) is 21.1. The van der Waals surface area contributed by atoms with E-state index in [4.69, 9.17) is 9.72 Å². The minimum Gasteiger partial charge on any atom is -0.488 e. The van der Waals surface area contributed by atoms with Gasteiger partial charge in [-0.15, -0.1) is 11.3 Å². The van der Waals surface area contributed by atoms with E-state index in [1.807, 2.05) is 49.4 Å². The van der Waals surface area contributed by atoms with Crippen LogP contribution < -0.4 is 10.1 Å². The lowest BCUT2D eigenvalue weighted by Crippen LogP contribution is -2.14. The first-order valence-corrected chi connectivity index (χ1v) is 10.5. The number of carbonyl (C=O) groups is 1. The van der Waals surface area contributed by atoms with Gasteiger partial charge in [-0.3, -0.25) is 4.79 Å². The summed E-state index contributed by atoms with van der Waals surface area (Å²) in [6.07, 6.45) is 0. The number of fused-ring (bicyclic) bond motifs is 1. The van der Waals surface area contributed by atoms with Crippen molar-refractivity contribution in [1.29, 1.82) is 0 Å². The molecule has 1 amide bonds. The number of nitrogens with zero attached hydrogens (tertiary/aromatic N) is 1. The van der Waals surface area contributed by atoms with Crippen LogP contribution in [-0.4, -0.2) is 17.5 Å². The Balaban J connectivity index is 1.51. The van der Waals surface area contributed by atoms with Crippen molar-refractivity contribution in [3.05, 3.63) is 90.0 Å². The van der Waals surface area contributed by atoms with Gasteiger partial charge >= 0.3 is 0 Å². The van der Waals surface area contributed by atoms with E-state index in [2.05, 4.69) is 31.0 Å². The molecule has 150 valence electrons. The number of aryl methyl sites for hydroxylation is 1. The average Bonchev–Trinajstić information content (AvgIpc) is 3.16. The zero-order valence-electron chi connectivity index (χ0n) is 16.9. The Hall–Kier alpha value is -3.44. The highest BCUT2D eigenvalue weighted by atomic mass is 32.1. The smallest absolute Gasteiger partial charge is 0.259 e. The van der Waals surface area contributed by atoms with Crippen LogP contribution in [0.3, 0.4) is 0 Å². The summed E-state index contributed by atoms with van der Waals surface area (Å²) in [7, 11) is 0. The molecule has 0 unspecified atom stereocenters. The van der Waals surface area contributed by atoms with Gasteiger partial charge in [0, 0.05) is 11.3 Å². The van der Waals surface area contributed by atoms with Crippen molar-refractivity contribution in [1.82, 2.24) is 4.98 Å². The first-order chi connectivity index (χ1) is 14.5. The number of hydrogen-bond acceptors (Lipinski definition) is 4. The summed E-state index contributed by atoms with van der Waals surface area (Å²) in [5.41, 5.74) is 5.36. The molecular weight excluding hydrogens is 392 g/mol. The van der Waals surface area contributed by atoms with Crippen molar-refractivity contribution in [2.45, 2.75) is 13.8 Å². The molecule has 0 bridgehead atoms. The molecule has 0 aliphatic heterocycles. The van der Waals surface area contributed by atoms with Gasteiger partial charge in [0.25, 0.3) is 5.91 Å². The predicted octanol–water partition coefficient (Wildman–Crippen LogP) is 6.48. The number of para-hydroxylation sites is 1. The Morgan fingerprint density at radius 2 is 1.87 bits per heavy atom. The van der Waals surface area contributed by atoms with Crippen molar-refractivity contribution in [3.8, 4) is 16.3 Å². The largest absolute Gasteiger partial charge is 0.488 e. The minimum absolute atomic E-state index is 0.212. The Kier molecular flexibility index (Phi) is 5.63. The van der Waals surface area contributed by atoms with Gasteiger partial charge in [0.1, 0.15) is 17.4 Å². The number of ether oxygens (including phenoxy) is 1. The fraction of sp³-hybridized carbons (Fsp3) is 0.120. The molecule has 0 aliphatic carbocycles. The predicted molar refractivity (Wildman–Crippen MR) is 124 cm³/mol. The van der Waals surface area contributed by atoms with Crippen LogP contribution in [0.5, 0.6) is 5.75 Å². The zero-order valence-corrected chi connectivity index (χ0v) is 17.8. The standard InChI is InChI=1S/C25H22N2O2S/c1-16(2)15-29-22-7-5-4-6-20(22)24(28)26-19-11-9-18(10-12-19)25-27-21-13-8-17(3)14-23(21)30-25/h4-14H,1,15H2,2-3H3,(H,26,28). The summed E-state index contributed by atoms with van der Waals surface area (Å²) in [6.45, 7) is 8.18. The van der Waals surface area contributed by atoms with Gasteiger partial charge in [-0.2, -0.15) is 0 Å². The molecule has 5 heteroatoms. The van der Waals surface area contributed by atoms with Crippen LogP contribution in [0, 0.1) is 6.92 Å². The third kappa shape index (κ3) is 4.42. The lowest BCUT2D eigenvalue weighted by atomic mass is 10.1. The SMILES string of the molecule is C=C(C)COc1ccccc1C(=O)Nc1ccc(-c2nc3ccc(C)cc3s2)cc1. The molecule has 0 spiro atoms. The number of benzene rings is 3. The quantitative estimate of drug-likeness (QED) is 0.367. The number of hydrogen-bond donors (Lipinski definition) is 1. The van der Waals surface area contributed by atoms with Crippen LogP contribution >= 0.6 is 11.3 Å². The summed E-state index contributed by atoms with van der Waals surface area (Å²) < 4.78 is 6.88. The van der Waals surface area contributed by atoms with E-state index in [9.17, 15) is 4.79 Å². The van der Waals surface area contributed by atoms with Gasteiger partial charge in [-0.25, -0.2) is 4.98 Å². The first kappa shape index (κ1) is 19.9. The highest BCUT2D eigenvalue weighted by Gasteiger charge is 2.13. The number of carbonyl (C=O) groups excluding carboxylic acids is 1. The van der Waals surface area contributed by atoms with Crippen molar-refractivity contribution in [2.75, 3.05) is 11.9 Å². The van der Waals surface area contributed by atoms with Gasteiger partial charge < -0.3 is 10.1 Å². The molecule has 0 fully saturated rings. The summed E-state index contributed by atoms with van der Waals surface area (Å²) in [5, 5.41) is 3.91. The van der Waals surface area contributed by atoms with E-state index in [0.29, 0.717) is 17.9 Å². The molecule has 0 aliphatic rings. The van der Waals surface area contributed by atoms with E-state index < -0.39 is 0 Å². The van der Waals surface area contributed by atoms with E-state index >= 15 is 0 Å². The number of anilines is 1. The average molecular weight is 415 g/mol. The number of nitrogens with one attached hydrogen (secondary N) is 1. The third-order valence-electron chi connectivity index (χ3n) is 4.54. The highest BCUT2D eigenvalue weighted by Crippen LogP contribution is 2.31. The molecule has 1 N–H and O–H groups in total. The van der Waals surface area contributed by atoms with Gasteiger partial charge in [0.15, 0.2) is 0 Å². The van der Waals surface area contributed by atoms with Gasteiger partial charge in [-0.05, 0) is 73.5 Å². The second-order valence-corrected chi connectivity index (χ2v) is 8.29. The molecule has 0 atom stereocenters. The van der Waals surface area contributed by atoms with Crippen LogP contribution in [0.25, 0.3) is 20.8 Å². The van der Waals surface area contributed by atoms with Crippen LogP contribution in [0.4, 0.5) is 5.69 Å². The number of amides is 1. The Morgan fingerprint density at radius 1 is 1.10 bits per heavy atom. The lowest BCUT2D eigenvalue weighted by molar-refractivity contribution is 0.102. The number of aromatic nitrogens is 1. The Morgan fingerprint density at radius 3 is 2.63 bits per heavy atom. The first-order valence-electron chi connectivity index (χ1n) is 9.65. The van der Waals surface area contributed by atoms with E-state index in [1.54, 1.807) is 23.5 Å². The van der Waals surface area contributed by atoms with Gasteiger partial charge in [0.05, 0.1) is 15.8 Å². The number of thiazole rings is 1. The minimum atomic E-state index is -0.212. The summed E-state index contributed by atoms with van der Waals surface area (Å²) >= 11 is 1.67. The van der Waals surface area contributed by atoms with Crippen LogP contribution in [0.1, 0.15) is 22.8 Å². The maximum atomic E-state index is 12.8. The molecule has 1 aromatic heterocycles.